The lowest BCUT2D eigenvalue weighted by Crippen LogP contribution is -2.40. The van der Waals surface area contributed by atoms with Gasteiger partial charge in [0.25, 0.3) is 5.91 Å². The number of carbonyl (C=O) groups is 1. The smallest absolute Gasteiger partial charge is 0.373 e. The highest BCUT2D eigenvalue weighted by Crippen LogP contribution is 2.32. The van der Waals surface area contributed by atoms with Crippen LogP contribution in [0.2, 0.25) is 0 Å². The van der Waals surface area contributed by atoms with Crippen molar-refractivity contribution in [2.75, 3.05) is 25.0 Å². The Morgan fingerprint density at radius 2 is 1.97 bits per heavy atom. The third kappa shape index (κ3) is 4.37. The van der Waals surface area contributed by atoms with Crippen LogP contribution in [-0.4, -0.2) is 51.3 Å². The summed E-state index contributed by atoms with van der Waals surface area (Å²) in [5.41, 5.74) is 2.06. The Kier molecular flexibility index (Phi) is 5.99. The normalized spacial score (nSPS) is 18.1. The van der Waals surface area contributed by atoms with E-state index < -0.39 is 11.7 Å². The van der Waals surface area contributed by atoms with E-state index in [2.05, 4.69) is 10.3 Å². The number of hydrogen-bond donors (Lipinski definition) is 1. The molecule has 1 amide bonds. The molecule has 0 aliphatic carbocycles. The first-order valence-corrected chi connectivity index (χ1v) is 11.2. The second-order valence-corrected chi connectivity index (χ2v) is 8.42. The first-order chi connectivity index (χ1) is 16.4. The lowest BCUT2D eigenvalue weighted by Gasteiger charge is -2.26. The van der Waals surface area contributed by atoms with Crippen LogP contribution in [0.25, 0.3) is 11.3 Å². The van der Waals surface area contributed by atoms with Crippen molar-refractivity contribution >= 4 is 11.7 Å². The Bertz CT molecular complexity index is 1160. The molecule has 1 fully saturated rings. The molecule has 2 aliphatic heterocycles. The SMILES string of the molecule is O=C(c1c(-c2ccccc2)nn2c1COCC2)N1CCC[C@H]1CNc1ccc(C(F)(F)F)cn1. The number of fused-ring (bicyclic) bond motifs is 1. The molecule has 0 radical (unpaired) electrons. The van der Waals surface area contributed by atoms with E-state index in [0.717, 1.165) is 36.4 Å². The highest BCUT2D eigenvalue weighted by atomic mass is 19.4. The second-order valence-electron chi connectivity index (χ2n) is 8.42. The number of hydrogen-bond acceptors (Lipinski definition) is 5. The van der Waals surface area contributed by atoms with Crippen LogP contribution in [0.3, 0.4) is 0 Å². The van der Waals surface area contributed by atoms with Gasteiger partial charge in [-0.3, -0.25) is 9.48 Å². The molecule has 1 N–H and O–H groups in total. The lowest BCUT2D eigenvalue weighted by molar-refractivity contribution is -0.137. The maximum atomic E-state index is 13.8. The summed E-state index contributed by atoms with van der Waals surface area (Å²) in [5, 5.41) is 7.82. The van der Waals surface area contributed by atoms with Crippen LogP contribution < -0.4 is 5.32 Å². The van der Waals surface area contributed by atoms with Crippen molar-refractivity contribution in [2.24, 2.45) is 0 Å². The van der Waals surface area contributed by atoms with Crippen molar-refractivity contribution in [2.45, 2.75) is 38.2 Å². The largest absolute Gasteiger partial charge is 0.417 e. The lowest BCUT2D eigenvalue weighted by atomic mass is 10.0. The molecule has 34 heavy (non-hydrogen) atoms. The van der Waals surface area contributed by atoms with Gasteiger partial charge in [-0.15, -0.1) is 0 Å². The molecule has 0 saturated carbocycles. The molecule has 0 spiro atoms. The highest BCUT2D eigenvalue weighted by molar-refractivity contribution is 6.01. The fourth-order valence-corrected chi connectivity index (χ4v) is 4.52. The van der Waals surface area contributed by atoms with Gasteiger partial charge in [0.1, 0.15) is 11.5 Å². The number of rotatable bonds is 5. The summed E-state index contributed by atoms with van der Waals surface area (Å²) < 4.78 is 45.8. The fraction of sp³-hybridized carbons (Fsp3) is 0.375. The number of nitrogens with zero attached hydrogens (tertiary/aromatic N) is 4. The van der Waals surface area contributed by atoms with Crippen molar-refractivity contribution in [1.82, 2.24) is 19.7 Å². The molecule has 0 bridgehead atoms. The van der Waals surface area contributed by atoms with E-state index in [4.69, 9.17) is 9.84 Å². The molecule has 1 saturated heterocycles. The van der Waals surface area contributed by atoms with Gasteiger partial charge in [-0.25, -0.2) is 4.98 Å². The molecule has 1 aromatic carbocycles. The van der Waals surface area contributed by atoms with Gasteiger partial charge in [0.2, 0.25) is 0 Å². The van der Waals surface area contributed by atoms with Crippen LogP contribution in [0.15, 0.2) is 48.7 Å². The summed E-state index contributed by atoms with van der Waals surface area (Å²) in [7, 11) is 0. The zero-order valence-electron chi connectivity index (χ0n) is 18.4. The number of amides is 1. The molecule has 4 heterocycles. The number of nitrogens with one attached hydrogen (secondary N) is 1. The van der Waals surface area contributed by atoms with Crippen molar-refractivity contribution in [3.8, 4) is 11.3 Å². The highest BCUT2D eigenvalue weighted by Gasteiger charge is 2.35. The number of likely N-dealkylation sites (tertiary alicyclic amines) is 1. The van der Waals surface area contributed by atoms with Crippen LogP contribution in [0.1, 0.15) is 34.5 Å². The van der Waals surface area contributed by atoms with Gasteiger partial charge >= 0.3 is 6.18 Å². The van der Waals surface area contributed by atoms with E-state index in [1.54, 1.807) is 0 Å². The molecule has 10 heteroatoms. The van der Waals surface area contributed by atoms with Gasteiger partial charge < -0.3 is 15.0 Å². The first kappa shape index (κ1) is 22.4. The number of carbonyl (C=O) groups excluding carboxylic acids is 1. The van der Waals surface area contributed by atoms with Gasteiger partial charge in [0.05, 0.1) is 36.6 Å². The summed E-state index contributed by atoms with van der Waals surface area (Å²) >= 11 is 0. The minimum Gasteiger partial charge on any atom is -0.373 e. The third-order valence-corrected chi connectivity index (χ3v) is 6.25. The average Bonchev–Trinajstić information content (AvgIpc) is 3.47. The van der Waals surface area contributed by atoms with Crippen LogP contribution >= 0.6 is 0 Å². The van der Waals surface area contributed by atoms with Gasteiger partial charge in [0.15, 0.2) is 0 Å². The Labute approximate surface area is 194 Å². The van der Waals surface area contributed by atoms with Crippen molar-refractivity contribution in [1.29, 1.82) is 0 Å². The number of anilines is 1. The van der Waals surface area contributed by atoms with E-state index in [1.165, 1.54) is 6.07 Å². The Hall–Kier alpha value is -3.40. The summed E-state index contributed by atoms with van der Waals surface area (Å²) in [6.07, 6.45) is -1.98. The Morgan fingerprint density at radius 1 is 1.15 bits per heavy atom. The zero-order chi connectivity index (χ0) is 23.7. The second kappa shape index (κ2) is 9.09. The Morgan fingerprint density at radius 3 is 2.71 bits per heavy atom. The number of pyridine rings is 1. The predicted molar refractivity (Wildman–Crippen MR) is 119 cm³/mol. The van der Waals surface area contributed by atoms with Gasteiger partial charge in [-0.1, -0.05) is 30.3 Å². The number of benzene rings is 1. The molecule has 3 aromatic rings. The Balaban J connectivity index is 1.37. The summed E-state index contributed by atoms with van der Waals surface area (Å²) in [6, 6.07) is 11.8. The van der Waals surface area contributed by atoms with E-state index in [0.29, 0.717) is 49.9 Å². The van der Waals surface area contributed by atoms with E-state index >= 15 is 0 Å². The average molecular weight is 471 g/mol. The molecule has 7 nitrogen and oxygen atoms in total. The molecule has 2 aliphatic rings. The van der Waals surface area contributed by atoms with Crippen LogP contribution in [0.4, 0.5) is 19.0 Å². The standard InChI is InChI=1S/C24H24F3N5O2/c25-24(26,27)17-8-9-20(28-13-17)29-14-18-7-4-10-31(18)23(33)21-19-15-34-12-11-32(19)30-22(21)16-5-2-1-3-6-16/h1-3,5-6,8-9,13,18H,4,7,10-12,14-15H2,(H,28,29)/t18-/m0/s1. The van der Waals surface area contributed by atoms with Crippen molar-refractivity contribution < 1.29 is 22.7 Å². The fourth-order valence-electron chi connectivity index (χ4n) is 4.52. The molecular formula is C24H24F3N5O2. The minimum absolute atomic E-state index is 0.102. The van der Waals surface area contributed by atoms with Crippen molar-refractivity contribution in [3.63, 3.8) is 0 Å². The number of alkyl halides is 3. The monoisotopic (exact) mass is 471 g/mol. The van der Waals surface area contributed by atoms with E-state index in [-0.39, 0.29) is 11.9 Å². The first-order valence-electron chi connectivity index (χ1n) is 11.2. The number of ether oxygens (including phenoxy) is 1. The number of halogens is 3. The molecule has 0 unspecified atom stereocenters. The third-order valence-electron chi connectivity index (χ3n) is 6.25. The summed E-state index contributed by atoms with van der Waals surface area (Å²) in [6.45, 7) is 2.46. The summed E-state index contributed by atoms with van der Waals surface area (Å²) in [5.74, 6) is 0.240. The number of aromatic nitrogens is 3. The zero-order valence-corrected chi connectivity index (χ0v) is 18.4. The maximum absolute atomic E-state index is 13.8. The maximum Gasteiger partial charge on any atom is 0.417 e. The van der Waals surface area contributed by atoms with Crippen molar-refractivity contribution in [3.05, 3.63) is 65.5 Å². The molecule has 178 valence electrons. The van der Waals surface area contributed by atoms with Crippen LogP contribution in [0.5, 0.6) is 0 Å². The van der Waals surface area contributed by atoms with E-state index in [1.807, 2.05) is 39.9 Å². The van der Waals surface area contributed by atoms with Crippen LogP contribution in [-0.2, 0) is 24.1 Å². The molecule has 5 rings (SSSR count). The van der Waals surface area contributed by atoms with Gasteiger partial charge in [-0.05, 0) is 25.0 Å². The quantitative estimate of drug-likeness (QED) is 0.604. The predicted octanol–water partition coefficient (Wildman–Crippen LogP) is 4.21. The molecule has 1 atom stereocenters. The molecular weight excluding hydrogens is 447 g/mol. The van der Waals surface area contributed by atoms with Crippen LogP contribution in [0, 0.1) is 0 Å². The molecule has 2 aromatic heterocycles. The van der Waals surface area contributed by atoms with Gasteiger partial charge in [0, 0.05) is 30.9 Å². The summed E-state index contributed by atoms with van der Waals surface area (Å²) in [4.78, 5) is 19.5. The van der Waals surface area contributed by atoms with E-state index in [9.17, 15) is 18.0 Å². The van der Waals surface area contributed by atoms with Gasteiger partial charge in [-0.2, -0.15) is 18.3 Å². The minimum atomic E-state index is -4.43. The topological polar surface area (TPSA) is 72.3 Å².